The van der Waals surface area contributed by atoms with Crippen molar-refractivity contribution in [2.45, 2.75) is 44.6 Å². The number of benzene rings is 2. The first kappa shape index (κ1) is 20.2. The van der Waals surface area contributed by atoms with Crippen molar-refractivity contribution in [3.8, 4) is 0 Å². The van der Waals surface area contributed by atoms with Crippen LogP contribution in [0.1, 0.15) is 36.8 Å². The van der Waals surface area contributed by atoms with E-state index in [0.29, 0.717) is 24.7 Å². The zero-order chi connectivity index (χ0) is 17.6. The molecule has 0 saturated heterocycles. The summed E-state index contributed by atoms with van der Waals surface area (Å²) in [7, 11) is 0. The maximum atomic E-state index is 13.1. The lowest BCUT2D eigenvalue weighted by Gasteiger charge is -2.29. The molecule has 0 spiro atoms. The van der Waals surface area contributed by atoms with E-state index in [2.05, 4.69) is 0 Å². The number of carbonyl (C=O) groups is 1. The fraction of sp³-hybridized carbons (Fsp3) is 0.381. The lowest BCUT2D eigenvalue weighted by molar-refractivity contribution is -0.132. The predicted molar refractivity (Wildman–Crippen MR) is 106 cm³/mol. The molecule has 0 unspecified atom stereocenters. The van der Waals surface area contributed by atoms with Gasteiger partial charge in [0, 0.05) is 18.3 Å². The lowest BCUT2D eigenvalue weighted by Crippen LogP contribution is -2.41. The van der Waals surface area contributed by atoms with Crippen molar-refractivity contribution < 1.29 is 9.18 Å². The summed E-state index contributed by atoms with van der Waals surface area (Å²) in [5.41, 5.74) is 8.48. The standard InChI is InChI=1S/C21H25FN2O.ClH/c22-18-9-5-16(6-10-18)13-14-24(20-3-1-2-4-20)21(25)15-17-7-11-19(23)12-8-17;/h5-12,20H,1-4,13-15,23H2;1H. The van der Waals surface area contributed by atoms with Gasteiger partial charge in [-0.15, -0.1) is 12.4 Å². The summed E-state index contributed by atoms with van der Waals surface area (Å²) in [6.07, 6.45) is 5.69. The molecule has 5 heteroatoms. The number of amides is 1. The van der Waals surface area contributed by atoms with Gasteiger partial charge in [-0.25, -0.2) is 4.39 Å². The molecular formula is C21H26ClFN2O. The Morgan fingerprint density at radius 1 is 1.00 bits per heavy atom. The topological polar surface area (TPSA) is 46.3 Å². The minimum Gasteiger partial charge on any atom is -0.399 e. The minimum absolute atomic E-state index is 0. The molecule has 2 aromatic carbocycles. The van der Waals surface area contributed by atoms with Crippen LogP contribution in [0, 0.1) is 5.82 Å². The Hall–Kier alpha value is -2.07. The van der Waals surface area contributed by atoms with Gasteiger partial charge in [0.05, 0.1) is 6.42 Å². The number of rotatable bonds is 6. The van der Waals surface area contributed by atoms with Gasteiger partial charge in [-0.2, -0.15) is 0 Å². The van der Waals surface area contributed by atoms with Crippen LogP contribution >= 0.6 is 12.4 Å². The van der Waals surface area contributed by atoms with E-state index in [0.717, 1.165) is 30.4 Å². The molecule has 1 aliphatic rings. The maximum absolute atomic E-state index is 13.1. The van der Waals surface area contributed by atoms with Crippen molar-refractivity contribution in [1.82, 2.24) is 4.90 Å². The van der Waals surface area contributed by atoms with Gasteiger partial charge in [-0.05, 0) is 54.7 Å². The number of nitrogen functional groups attached to an aromatic ring is 1. The van der Waals surface area contributed by atoms with Gasteiger partial charge < -0.3 is 10.6 Å². The van der Waals surface area contributed by atoms with E-state index < -0.39 is 0 Å². The highest BCUT2D eigenvalue weighted by molar-refractivity contribution is 5.85. The zero-order valence-electron chi connectivity index (χ0n) is 14.9. The van der Waals surface area contributed by atoms with Crippen molar-refractivity contribution >= 4 is 24.0 Å². The Kier molecular flexibility index (Phi) is 7.46. The molecule has 1 aliphatic carbocycles. The monoisotopic (exact) mass is 376 g/mol. The highest BCUT2D eigenvalue weighted by atomic mass is 35.5. The summed E-state index contributed by atoms with van der Waals surface area (Å²) in [4.78, 5) is 14.9. The number of carbonyl (C=O) groups excluding carboxylic acids is 1. The third-order valence-electron chi connectivity index (χ3n) is 4.98. The second-order valence-corrected chi connectivity index (χ2v) is 6.82. The highest BCUT2D eigenvalue weighted by Crippen LogP contribution is 2.24. The van der Waals surface area contributed by atoms with Gasteiger partial charge >= 0.3 is 0 Å². The molecule has 0 heterocycles. The maximum Gasteiger partial charge on any atom is 0.227 e. The van der Waals surface area contributed by atoms with E-state index in [-0.39, 0.29) is 24.1 Å². The van der Waals surface area contributed by atoms with Crippen LogP contribution < -0.4 is 5.73 Å². The van der Waals surface area contributed by atoms with Crippen LogP contribution in [0.3, 0.4) is 0 Å². The van der Waals surface area contributed by atoms with E-state index >= 15 is 0 Å². The van der Waals surface area contributed by atoms with Crippen LogP contribution in [0.5, 0.6) is 0 Å². The van der Waals surface area contributed by atoms with Crippen LogP contribution in [-0.2, 0) is 17.6 Å². The van der Waals surface area contributed by atoms with Crippen molar-refractivity contribution in [1.29, 1.82) is 0 Å². The van der Waals surface area contributed by atoms with Gasteiger partial charge in [0.1, 0.15) is 5.82 Å². The molecule has 1 fully saturated rings. The largest absolute Gasteiger partial charge is 0.399 e. The molecule has 1 saturated carbocycles. The number of anilines is 1. The van der Waals surface area contributed by atoms with Crippen LogP contribution in [0.2, 0.25) is 0 Å². The number of hydrogen-bond acceptors (Lipinski definition) is 2. The Morgan fingerprint density at radius 3 is 2.19 bits per heavy atom. The Labute approximate surface area is 160 Å². The number of nitrogens with zero attached hydrogens (tertiary/aromatic N) is 1. The Morgan fingerprint density at radius 2 is 1.58 bits per heavy atom. The summed E-state index contributed by atoms with van der Waals surface area (Å²) in [5, 5.41) is 0. The van der Waals surface area contributed by atoms with Gasteiger partial charge in [0.25, 0.3) is 0 Å². The molecule has 140 valence electrons. The fourth-order valence-electron chi connectivity index (χ4n) is 3.54. The van der Waals surface area contributed by atoms with Crippen molar-refractivity contribution in [3.05, 3.63) is 65.5 Å². The molecule has 0 radical (unpaired) electrons. The van der Waals surface area contributed by atoms with Crippen molar-refractivity contribution in [2.24, 2.45) is 0 Å². The van der Waals surface area contributed by atoms with Gasteiger partial charge in [0.2, 0.25) is 5.91 Å². The minimum atomic E-state index is -0.226. The smallest absolute Gasteiger partial charge is 0.227 e. The molecule has 0 bridgehead atoms. The van der Waals surface area contributed by atoms with Crippen molar-refractivity contribution in [3.63, 3.8) is 0 Å². The SMILES string of the molecule is Cl.Nc1ccc(CC(=O)N(CCc2ccc(F)cc2)C2CCCC2)cc1. The summed E-state index contributed by atoms with van der Waals surface area (Å²) in [5.74, 6) is -0.0605. The van der Waals surface area contributed by atoms with Crippen molar-refractivity contribution in [2.75, 3.05) is 12.3 Å². The molecular weight excluding hydrogens is 351 g/mol. The first-order valence-electron chi connectivity index (χ1n) is 9.00. The second-order valence-electron chi connectivity index (χ2n) is 6.82. The van der Waals surface area contributed by atoms with Crippen LogP contribution in [0.15, 0.2) is 48.5 Å². The first-order chi connectivity index (χ1) is 12.1. The summed E-state index contributed by atoms with van der Waals surface area (Å²) in [6.45, 7) is 0.685. The highest BCUT2D eigenvalue weighted by Gasteiger charge is 2.26. The van der Waals surface area contributed by atoms with Crippen LogP contribution in [-0.4, -0.2) is 23.4 Å². The molecule has 0 atom stereocenters. The molecule has 2 aromatic rings. The predicted octanol–water partition coefficient (Wildman–Crippen LogP) is 4.39. The first-order valence-corrected chi connectivity index (χ1v) is 9.00. The molecule has 0 aromatic heterocycles. The van der Waals surface area contributed by atoms with E-state index in [1.54, 1.807) is 12.1 Å². The third kappa shape index (κ3) is 5.46. The molecule has 2 N–H and O–H groups in total. The zero-order valence-corrected chi connectivity index (χ0v) is 15.7. The summed E-state index contributed by atoms with van der Waals surface area (Å²) in [6, 6.07) is 14.4. The lowest BCUT2D eigenvalue weighted by atomic mass is 10.1. The van der Waals surface area contributed by atoms with E-state index in [4.69, 9.17) is 5.73 Å². The average molecular weight is 377 g/mol. The van der Waals surface area contributed by atoms with Crippen LogP contribution in [0.25, 0.3) is 0 Å². The fourth-order valence-corrected chi connectivity index (χ4v) is 3.54. The van der Waals surface area contributed by atoms with Gasteiger partial charge in [-0.3, -0.25) is 4.79 Å². The average Bonchev–Trinajstić information content (AvgIpc) is 3.13. The Bertz CT molecular complexity index is 697. The molecule has 0 aliphatic heterocycles. The number of hydrogen-bond donors (Lipinski definition) is 1. The molecule has 1 amide bonds. The Balaban J connectivity index is 0.00000243. The number of halogens is 2. The summed E-state index contributed by atoms with van der Waals surface area (Å²) < 4.78 is 13.1. The molecule has 3 rings (SSSR count). The van der Waals surface area contributed by atoms with Crippen LogP contribution in [0.4, 0.5) is 10.1 Å². The molecule has 3 nitrogen and oxygen atoms in total. The summed E-state index contributed by atoms with van der Waals surface area (Å²) >= 11 is 0. The third-order valence-corrected chi connectivity index (χ3v) is 4.98. The number of nitrogens with two attached hydrogens (primary N) is 1. The van der Waals surface area contributed by atoms with E-state index in [1.807, 2.05) is 29.2 Å². The van der Waals surface area contributed by atoms with Gasteiger partial charge in [0.15, 0.2) is 0 Å². The molecule has 26 heavy (non-hydrogen) atoms. The van der Waals surface area contributed by atoms with Gasteiger partial charge in [-0.1, -0.05) is 37.1 Å². The quantitative estimate of drug-likeness (QED) is 0.760. The second kappa shape index (κ2) is 9.58. The normalized spacial score (nSPS) is 14.0. The van der Waals surface area contributed by atoms with E-state index in [1.165, 1.54) is 25.0 Å². The van der Waals surface area contributed by atoms with E-state index in [9.17, 15) is 9.18 Å².